The molecule has 1 saturated carbocycles. The molecule has 3 heterocycles. The number of nitrogens with zero attached hydrogens (tertiary/aromatic N) is 6. The van der Waals surface area contributed by atoms with Crippen molar-refractivity contribution in [3.63, 3.8) is 0 Å². The second-order valence-electron chi connectivity index (χ2n) is 8.84. The lowest BCUT2D eigenvalue weighted by Gasteiger charge is -2.49. The van der Waals surface area contributed by atoms with Crippen LogP contribution in [0, 0.1) is 11.3 Å². The van der Waals surface area contributed by atoms with Crippen molar-refractivity contribution in [1.82, 2.24) is 14.9 Å². The highest BCUT2D eigenvalue weighted by atomic mass is 35.5. The lowest BCUT2D eigenvalue weighted by atomic mass is 9.74. The molecule has 0 spiro atoms. The minimum atomic E-state index is -0.811. The largest absolute Gasteiger partial charge is 0.474 e. The van der Waals surface area contributed by atoms with E-state index in [1.807, 2.05) is 23.1 Å². The normalized spacial score (nSPS) is 17.8. The summed E-state index contributed by atoms with van der Waals surface area (Å²) in [7, 11) is 3.80. The maximum absolute atomic E-state index is 13.7. The van der Waals surface area contributed by atoms with Crippen molar-refractivity contribution in [2.45, 2.75) is 43.7 Å². The third-order valence-corrected chi connectivity index (χ3v) is 7.22. The molecule has 1 amide bonds. The Hall–Kier alpha value is -2.80. The van der Waals surface area contributed by atoms with E-state index in [9.17, 15) is 4.79 Å². The first-order chi connectivity index (χ1) is 16.4. The summed E-state index contributed by atoms with van der Waals surface area (Å²) in [6.07, 6.45) is 7.54. The van der Waals surface area contributed by atoms with Gasteiger partial charge in [-0.05, 0) is 51.3 Å². The molecule has 1 aliphatic carbocycles. The van der Waals surface area contributed by atoms with E-state index in [1.165, 1.54) is 16.6 Å². The molecule has 0 bridgehead atoms. The lowest BCUT2D eigenvalue weighted by Crippen LogP contribution is -2.63. The van der Waals surface area contributed by atoms with Gasteiger partial charge < -0.3 is 19.4 Å². The predicted octanol–water partition coefficient (Wildman–Crippen LogP) is 3.82. The molecule has 4 rings (SSSR count). The molecule has 8 nitrogen and oxygen atoms in total. The number of hydrogen-bond acceptors (Lipinski definition) is 7. The van der Waals surface area contributed by atoms with Crippen LogP contribution in [0.1, 0.15) is 37.8 Å². The van der Waals surface area contributed by atoms with Crippen molar-refractivity contribution in [1.29, 1.82) is 5.26 Å². The van der Waals surface area contributed by atoms with Crippen molar-refractivity contribution in [2.75, 3.05) is 37.0 Å². The molecule has 1 aliphatic heterocycles. The summed E-state index contributed by atoms with van der Waals surface area (Å²) in [6, 6.07) is 7.24. The van der Waals surface area contributed by atoms with E-state index in [0.29, 0.717) is 24.4 Å². The number of pyridine rings is 2. The number of amides is 1. The Kier molecular flexibility index (Phi) is 7.31. The van der Waals surface area contributed by atoms with E-state index in [0.717, 1.165) is 38.0 Å². The van der Waals surface area contributed by atoms with Gasteiger partial charge in [0.25, 0.3) is 5.91 Å². The van der Waals surface area contributed by atoms with E-state index in [4.69, 9.17) is 33.8 Å². The molecular formula is C24H27ClN6O2S. The summed E-state index contributed by atoms with van der Waals surface area (Å²) in [5.41, 5.74) is 2.09. The number of halogens is 1. The van der Waals surface area contributed by atoms with Crippen LogP contribution in [-0.2, 0) is 4.79 Å². The Bertz CT molecular complexity index is 1090. The van der Waals surface area contributed by atoms with Gasteiger partial charge in [0.2, 0.25) is 5.88 Å². The van der Waals surface area contributed by atoms with Gasteiger partial charge in [0, 0.05) is 26.2 Å². The van der Waals surface area contributed by atoms with Gasteiger partial charge in [-0.25, -0.2) is 9.97 Å². The first-order valence-electron chi connectivity index (χ1n) is 11.3. The highest BCUT2D eigenvalue weighted by Crippen LogP contribution is 2.42. The molecular weight excluding hydrogens is 472 g/mol. The van der Waals surface area contributed by atoms with Crippen molar-refractivity contribution in [3.05, 3.63) is 41.3 Å². The number of anilines is 2. The van der Waals surface area contributed by atoms with Gasteiger partial charge in [-0.15, -0.1) is 0 Å². The van der Waals surface area contributed by atoms with Crippen LogP contribution in [-0.4, -0.2) is 65.1 Å². The van der Waals surface area contributed by atoms with Crippen LogP contribution in [0.2, 0.25) is 5.02 Å². The zero-order chi connectivity index (χ0) is 24.3. The number of hydrogen-bond donors (Lipinski definition) is 0. The van der Waals surface area contributed by atoms with Gasteiger partial charge in [-0.3, -0.25) is 4.79 Å². The molecule has 2 fully saturated rings. The fourth-order valence-corrected chi connectivity index (χ4v) is 4.99. The summed E-state index contributed by atoms with van der Waals surface area (Å²) in [5, 5.41) is 9.28. The lowest BCUT2D eigenvalue weighted by molar-refractivity contribution is -0.125. The Morgan fingerprint density at radius 1 is 1.29 bits per heavy atom. The third kappa shape index (κ3) is 4.71. The van der Waals surface area contributed by atoms with Gasteiger partial charge in [-0.2, -0.15) is 5.26 Å². The Morgan fingerprint density at radius 2 is 2.00 bits per heavy atom. The van der Waals surface area contributed by atoms with Crippen molar-refractivity contribution >= 4 is 46.6 Å². The second-order valence-corrected chi connectivity index (χ2v) is 9.45. The summed E-state index contributed by atoms with van der Waals surface area (Å²) >= 11 is 11.5. The Labute approximate surface area is 210 Å². The molecule has 0 unspecified atom stereocenters. The standard InChI is InChI=1S/C24H27ClN6O2S/c1-29-10-6-19(7-11-29)33-22-5-4-17(14-28-22)31(16-34)24(8-3-9-24)23(32)30(2)18-12-20(25)21(13-26)27-15-18/h4-5,12,14-16,19H,3,6-11H2,1-2H3. The molecule has 0 atom stereocenters. The van der Waals surface area contributed by atoms with E-state index >= 15 is 0 Å². The number of likely N-dealkylation sites (N-methyl/N-ethyl adjacent to an activating group) is 1. The summed E-state index contributed by atoms with van der Waals surface area (Å²) in [5.74, 6) is 0.459. The molecule has 0 radical (unpaired) electrons. The van der Waals surface area contributed by atoms with Crippen LogP contribution in [0.3, 0.4) is 0 Å². The molecule has 1 saturated heterocycles. The summed E-state index contributed by atoms with van der Waals surface area (Å²) in [4.78, 5) is 27.9. The molecule has 2 aromatic heterocycles. The topological polar surface area (TPSA) is 85.6 Å². The van der Waals surface area contributed by atoms with E-state index in [1.54, 1.807) is 19.3 Å². The monoisotopic (exact) mass is 498 g/mol. The molecule has 0 aromatic carbocycles. The fourth-order valence-electron chi connectivity index (χ4n) is 4.46. The molecule has 34 heavy (non-hydrogen) atoms. The number of piperidine rings is 1. The van der Waals surface area contributed by atoms with Crippen LogP contribution in [0.4, 0.5) is 11.4 Å². The number of likely N-dealkylation sites (tertiary alicyclic amines) is 1. The van der Waals surface area contributed by atoms with E-state index < -0.39 is 5.54 Å². The van der Waals surface area contributed by atoms with Gasteiger partial charge in [-0.1, -0.05) is 23.8 Å². The van der Waals surface area contributed by atoms with Gasteiger partial charge >= 0.3 is 0 Å². The second kappa shape index (κ2) is 10.2. The smallest absolute Gasteiger partial charge is 0.253 e. The van der Waals surface area contributed by atoms with Crippen LogP contribution in [0.5, 0.6) is 5.88 Å². The SMILES string of the molecule is CN1CCC(Oc2ccc(N(C=S)C3(C(=O)N(C)c4cnc(C#N)c(Cl)c4)CCC3)cn2)CC1. The Morgan fingerprint density at radius 3 is 2.53 bits per heavy atom. The van der Waals surface area contributed by atoms with Crippen molar-refractivity contribution < 1.29 is 9.53 Å². The van der Waals surface area contributed by atoms with Crippen LogP contribution in [0.15, 0.2) is 30.6 Å². The van der Waals surface area contributed by atoms with Crippen LogP contribution < -0.4 is 14.5 Å². The number of carbonyl (C=O) groups excluding carboxylic acids is 1. The van der Waals surface area contributed by atoms with Crippen molar-refractivity contribution in [2.24, 2.45) is 0 Å². The zero-order valence-electron chi connectivity index (χ0n) is 19.3. The average molecular weight is 499 g/mol. The van der Waals surface area contributed by atoms with E-state index in [-0.39, 0.29) is 22.7 Å². The highest BCUT2D eigenvalue weighted by Gasteiger charge is 2.50. The highest BCUT2D eigenvalue weighted by molar-refractivity contribution is 7.79. The average Bonchev–Trinajstić information content (AvgIpc) is 2.82. The first kappa shape index (κ1) is 24.3. The maximum atomic E-state index is 13.7. The zero-order valence-corrected chi connectivity index (χ0v) is 20.8. The fraction of sp³-hybridized carbons (Fsp3) is 0.458. The number of ether oxygens (including phenoxy) is 1. The number of carbonyl (C=O) groups is 1. The Balaban J connectivity index is 1.52. The molecule has 0 N–H and O–H groups in total. The molecule has 2 aliphatic rings. The summed E-state index contributed by atoms with van der Waals surface area (Å²) < 4.78 is 6.06. The number of thiocarbonyl (C=S) groups is 1. The number of aromatic nitrogens is 2. The van der Waals surface area contributed by atoms with Gasteiger partial charge in [0.05, 0.1) is 34.3 Å². The van der Waals surface area contributed by atoms with Crippen LogP contribution in [0.25, 0.3) is 0 Å². The predicted molar refractivity (Wildman–Crippen MR) is 135 cm³/mol. The molecule has 10 heteroatoms. The van der Waals surface area contributed by atoms with E-state index in [2.05, 4.69) is 21.9 Å². The van der Waals surface area contributed by atoms with Crippen LogP contribution >= 0.6 is 23.8 Å². The van der Waals surface area contributed by atoms with Crippen molar-refractivity contribution in [3.8, 4) is 11.9 Å². The number of nitriles is 1. The third-order valence-electron chi connectivity index (χ3n) is 6.72. The quantitative estimate of drug-likeness (QED) is 0.532. The maximum Gasteiger partial charge on any atom is 0.253 e. The number of rotatable bonds is 7. The molecule has 2 aromatic rings. The summed E-state index contributed by atoms with van der Waals surface area (Å²) in [6.45, 7) is 2.03. The minimum absolute atomic E-state index is 0.117. The first-order valence-corrected chi connectivity index (χ1v) is 12.1. The van der Waals surface area contributed by atoms with Gasteiger partial charge in [0.15, 0.2) is 5.69 Å². The minimum Gasteiger partial charge on any atom is -0.474 e. The molecule has 178 valence electrons. The van der Waals surface area contributed by atoms with Gasteiger partial charge in [0.1, 0.15) is 17.7 Å².